The van der Waals surface area contributed by atoms with Gasteiger partial charge in [0.05, 0.1) is 19.8 Å². The lowest BCUT2D eigenvalue weighted by molar-refractivity contribution is -0.188. The highest BCUT2D eigenvalue weighted by Crippen LogP contribution is 2.28. The lowest BCUT2D eigenvalue weighted by Gasteiger charge is -2.31. The van der Waals surface area contributed by atoms with E-state index in [1.807, 2.05) is 74.5 Å². The molecular formula is C24H30O6. The summed E-state index contributed by atoms with van der Waals surface area (Å²) in [5.74, 6) is -1.07. The van der Waals surface area contributed by atoms with Crippen LogP contribution in [0.5, 0.6) is 0 Å². The van der Waals surface area contributed by atoms with Gasteiger partial charge in [-0.1, -0.05) is 60.7 Å². The van der Waals surface area contributed by atoms with E-state index in [1.165, 1.54) is 6.92 Å². The Morgan fingerprint density at radius 2 is 1.57 bits per heavy atom. The summed E-state index contributed by atoms with van der Waals surface area (Å²) in [5.41, 5.74) is 2.06. The van der Waals surface area contributed by atoms with Crippen molar-refractivity contribution >= 4 is 5.97 Å². The summed E-state index contributed by atoms with van der Waals surface area (Å²) in [6.45, 7) is 6.32. The predicted molar refractivity (Wildman–Crippen MR) is 112 cm³/mol. The number of hydrogen-bond donors (Lipinski definition) is 0. The van der Waals surface area contributed by atoms with Crippen molar-refractivity contribution < 1.29 is 28.5 Å². The minimum absolute atomic E-state index is 0.0713. The first-order chi connectivity index (χ1) is 14.4. The lowest BCUT2D eigenvalue weighted by atomic mass is 10.1. The highest BCUT2D eigenvalue weighted by molar-refractivity contribution is 5.65. The number of ether oxygens (including phenoxy) is 5. The van der Waals surface area contributed by atoms with E-state index < -0.39 is 18.0 Å². The quantitative estimate of drug-likeness (QED) is 0.550. The standard InChI is InChI=1S/C24H30O6/c1-18(25)26-16-21(27-14-19-10-6-4-7-11-19)23(22-17-29-24(2,3)30-22)28-15-20-12-8-5-9-13-20/h4-13,21-23H,14-17H2,1-3H3/t21-,22-,23-/m0/s1. The van der Waals surface area contributed by atoms with Crippen molar-refractivity contribution in [1.82, 2.24) is 0 Å². The van der Waals surface area contributed by atoms with Gasteiger partial charge < -0.3 is 23.7 Å². The maximum atomic E-state index is 11.5. The Labute approximate surface area is 178 Å². The summed E-state index contributed by atoms with van der Waals surface area (Å²) in [6.07, 6.45) is -1.34. The third-order valence-corrected chi connectivity index (χ3v) is 4.81. The Bertz CT molecular complexity index is 777. The number of rotatable bonds is 10. The van der Waals surface area contributed by atoms with Gasteiger partial charge in [0.1, 0.15) is 24.9 Å². The molecule has 0 bridgehead atoms. The normalized spacial score (nSPS) is 19.9. The van der Waals surface area contributed by atoms with Gasteiger partial charge in [-0.05, 0) is 25.0 Å². The number of esters is 1. The van der Waals surface area contributed by atoms with Crippen LogP contribution in [0, 0.1) is 0 Å². The number of hydrogen-bond acceptors (Lipinski definition) is 6. The molecule has 0 saturated carbocycles. The average Bonchev–Trinajstić information content (AvgIpc) is 3.10. The van der Waals surface area contributed by atoms with E-state index in [9.17, 15) is 4.79 Å². The van der Waals surface area contributed by atoms with Gasteiger partial charge in [-0.2, -0.15) is 0 Å². The molecule has 0 amide bonds. The third-order valence-electron chi connectivity index (χ3n) is 4.81. The van der Waals surface area contributed by atoms with E-state index in [0.29, 0.717) is 19.8 Å². The Hall–Kier alpha value is -2.25. The molecule has 3 atom stereocenters. The molecule has 1 heterocycles. The molecule has 162 valence electrons. The van der Waals surface area contributed by atoms with Gasteiger partial charge >= 0.3 is 5.97 Å². The van der Waals surface area contributed by atoms with Crippen LogP contribution < -0.4 is 0 Å². The van der Waals surface area contributed by atoms with Crippen LogP contribution in [0.25, 0.3) is 0 Å². The fourth-order valence-corrected chi connectivity index (χ4v) is 3.31. The van der Waals surface area contributed by atoms with Crippen LogP contribution >= 0.6 is 0 Å². The predicted octanol–water partition coefficient (Wildman–Crippen LogP) is 3.87. The second-order valence-corrected chi connectivity index (χ2v) is 7.77. The minimum Gasteiger partial charge on any atom is -0.463 e. The molecule has 1 aliphatic rings. The van der Waals surface area contributed by atoms with Crippen molar-refractivity contribution in [2.45, 2.75) is 58.1 Å². The van der Waals surface area contributed by atoms with Gasteiger partial charge in [-0.25, -0.2) is 0 Å². The fourth-order valence-electron chi connectivity index (χ4n) is 3.31. The molecule has 0 aliphatic carbocycles. The van der Waals surface area contributed by atoms with Crippen molar-refractivity contribution in [2.24, 2.45) is 0 Å². The van der Waals surface area contributed by atoms with Crippen molar-refractivity contribution in [1.29, 1.82) is 0 Å². The smallest absolute Gasteiger partial charge is 0.302 e. The first kappa shape index (κ1) is 22.4. The average molecular weight is 414 g/mol. The van der Waals surface area contributed by atoms with Crippen molar-refractivity contribution in [3.63, 3.8) is 0 Å². The largest absolute Gasteiger partial charge is 0.463 e. The summed E-state index contributed by atoms with van der Waals surface area (Å²) in [7, 11) is 0. The summed E-state index contributed by atoms with van der Waals surface area (Å²) in [5, 5.41) is 0. The van der Waals surface area contributed by atoms with E-state index in [1.54, 1.807) is 0 Å². The van der Waals surface area contributed by atoms with Gasteiger partial charge in [-0.15, -0.1) is 0 Å². The van der Waals surface area contributed by atoms with E-state index in [0.717, 1.165) is 11.1 Å². The molecule has 3 rings (SSSR count). The van der Waals surface area contributed by atoms with Crippen molar-refractivity contribution in [3.8, 4) is 0 Å². The third kappa shape index (κ3) is 6.92. The number of benzene rings is 2. The summed E-state index contributed by atoms with van der Waals surface area (Å²) < 4.78 is 29.6. The molecule has 1 saturated heterocycles. The number of carbonyl (C=O) groups is 1. The maximum absolute atomic E-state index is 11.5. The summed E-state index contributed by atoms with van der Waals surface area (Å²) >= 11 is 0. The molecule has 6 heteroatoms. The zero-order valence-electron chi connectivity index (χ0n) is 17.8. The molecule has 30 heavy (non-hydrogen) atoms. The highest BCUT2D eigenvalue weighted by Gasteiger charge is 2.42. The van der Waals surface area contributed by atoms with Crippen LogP contribution in [-0.4, -0.2) is 43.3 Å². The van der Waals surface area contributed by atoms with E-state index in [2.05, 4.69) is 0 Å². The Morgan fingerprint density at radius 3 is 2.07 bits per heavy atom. The zero-order valence-corrected chi connectivity index (χ0v) is 17.8. The minimum atomic E-state index is -0.704. The topological polar surface area (TPSA) is 63.2 Å². The lowest BCUT2D eigenvalue weighted by Crippen LogP contribution is -2.45. The van der Waals surface area contributed by atoms with Gasteiger partial charge in [0.25, 0.3) is 0 Å². The molecule has 1 fully saturated rings. The molecular weight excluding hydrogens is 384 g/mol. The molecule has 0 aromatic heterocycles. The molecule has 1 aliphatic heterocycles. The van der Waals surface area contributed by atoms with E-state index in [4.69, 9.17) is 23.7 Å². The number of carbonyl (C=O) groups excluding carboxylic acids is 1. The van der Waals surface area contributed by atoms with Crippen LogP contribution in [0.15, 0.2) is 60.7 Å². The monoisotopic (exact) mass is 414 g/mol. The SMILES string of the molecule is CC(=O)OC[C@H](OCc1ccccc1)[C@H](OCc1ccccc1)[C@@H]1COC(C)(C)O1. The van der Waals surface area contributed by atoms with Crippen LogP contribution in [-0.2, 0) is 41.7 Å². The molecule has 0 N–H and O–H groups in total. The Morgan fingerprint density at radius 1 is 1.00 bits per heavy atom. The second-order valence-electron chi connectivity index (χ2n) is 7.77. The van der Waals surface area contributed by atoms with Crippen LogP contribution in [0.1, 0.15) is 31.9 Å². The zero-order chi connectivity index (χ0) is 21.4. The fraction of sp³-hybridized carbons (Fsp3) is 0.458. The molecule has 0 radical (unpaired) electrons. The van der Waals surface area contributed by atoms with Crippen LogP contribution in [0.4, 0.5) is 0 Å². The van der Waals surface area contributed by atoms with Crippen LogP contribution in [0.2, 0.25) is 0 Å². The summed E-state index contributed by atoms with van der Waals surface area (Å²) in [4.78, 5) is 11.5. The van der Waals surface area contributed by atoms with Gasteiger partial charge in [0.15, 0.2) is 5.79 Å². The van der Waals surface area contributed by atoms with Gasteiger partial charge in [0.2, 0.25) is 0 Å². The highest BCUT2D eigenvalue weighted by atomic mass is 16.8. The second kappa shape index (κ2) is 10.7. The first-order valence-electron chi connectivity index (χ1n) is 10.2. The molecule has 2 aromatic carbocycles. The summed E-state index contributed by atoms with van der Waals surface area (Å²) in [6, 6.07) is 19.7. The molecule has 0 spiro atoms. The van der Waals surface area contributed by atoms with E-state index >= 15 is 0 Å². The van der Waals surface area contributed by atoms with Gasteiger partial charge in [0, 0.05) is 6.92 Å². The van der Waals surface area contributed by atoms with Gasteiger partial charge in [-0.3, -0.25) is 4.79 Å². The Kier molecular flexibility index (Phi) is 7.99. The molecule has 2 aromatic rings. The molecule has 0 unspecified atom stereocenters. The van der Waals surface area contributed by atoms with E-state index in [-0.39, 0.29) is 18.7 Å². The van der Waals surface area contributed by atoms with Crippen molar-refractivity contribution in [3.05, 3.63) is 71.8 Å². The van der Waals surface area contributed by atoms with Crippen LogP contribution in [0.3, 0.4) is 0 Å². The Balaban J connectivity index is 1.75. The first-order valence-corrected chi connectivity index (χ1v) is 10.2. The van der Waals surface area contributed by atoms with Crippen molar-refractivity contribution in [2.75, 3.05) is 13.2 Å². The maximum Gasteiger partial charge on any atom is 0.302 e. The molecule has 6 nitrogen and oxygen atoms in total.